The molecule has 2 nitrogen and oxygen atoms in total. The smallest absolute Gasteiger partial charge is 0.374 e. The lowest BCUT2D eigenvalue weighted by Crippen LogP contribution is -2.28. The third kappa shape index (κ3) is 2.24. The van der Waals surface area contributed by atoms with Crippen molar-refractivity contribution in [3.8, 4) is 0 Å². The maximum Gasteiger partial charge on any atom is 0.396 e. The summed E-state index contributed by atoms with van der Waals surface area (Å²) in [6.07, 6.45) is -3.47. The summed E-state index contributed by atoms with van der Waals surface area (Å²) < 4.78 is 38.2. The van der Waals surface area contributed by atoms with E-state index in [0.29, 0.717) is 0 Å². The molecule has 1 heterocycles. The topological polar surface area (TPSA) is 29.3 Å². The van der Waals surface area contributed by atoms with Crippen molar-refractivity contribution >= 4 is 5.69 Å². The number of halogens is 3. The second-order valence-corrected chi connectivity index (χ2v) is 4.39. The first-order chi connectivity index (χ1) is 7.93. The van der Waals surface area contributed by atoms with Crippen molar-refractivity contribution in [3.05, 3.63) is 29.3 Å². The van der Waals surface area contributed by atoms with E-state index in [1.807, 2.05) is 11.9 Å². The average molecular weight is 244 g/mol. The Kier molecular flexibility index (Phi) is 3.03. The molecule has 1 aliphatic heterocycles. The van der Waals surface area contributed by atoms with E-state index in [-0.39, 0.29) is 5.56 Å². The zero-order chi connectivity index (χ0) is 12.6. The highest BCUT2D eigenvalue weighted by molar-refractivity contribution is 5.58. The molecule has 1 aromatic carbocycles. The summed E-state index contributed by atoms with van der Waals surface area (Å²) in [5, 5.41) is 0. The predicted molar refractivity (Wildman–Crippen MR) is 61.3 cm³/mol. The molecule has 17 heavy (non-hydrogen) atoms. The monoisotopic (exact) mass is 244 g/mol. The second kappa shape index (κ2) is 4.22. The van der Waals surface area contributed by atoms with E-state index in [4.69, 9.17) is 5.73 Å². The van der Waals surface area contributed by atoms with E-state index in [2.05, 4.69) is 0 Å². The Balaban J connectivity index is 2.35. The highest BCUT2D eigenvalue weighted by atomic mass is 19.4. The molecule has 1 unspecified atom stereocenters. The standard InChI is InChI=1S/C12H15F3N2/c1-17-5-4-9-6-8(2-3-11(9)17)10(7-16)12(13,14)15/h2-3,6,10H,4-5,7,16H2,1H3. The average Bonchev–Trinajstić information content (AvgIpc) is 2.59. The summed E-state index contributed by atoms with van der Waals surface area (Å²) in [6.45, 7) is 0.455. The molecule has 0 aliphatic carbocycles. The Morgan fingerprint density at radius 3 is 2.71 bits per heavy atom. The number of nitrogens with zero attached hydrogens (tertiary/aromatic N) is 1. The minimum atomic E-state index is -4.27. The van der Waals surface area contributed by atoms with Gasteiger partial charge in [0.1, 0.15) is 0 Å². The van der Waals surface area contributed by atoms with E-state index in [0.717, 1.165) is 24.2 Å². The van der Waals surface area contributed by atoms with Crippen LogP contribution < -0.4 is 10.6 Å². The van der Waals surface area contributed by atoms with Crippen LogP contribution in [0.3, 0.4) is 0 Å². The van der Waals surface area contributed by atoms with E-state index in [9.17, 15) is 13.2 Å². The van der Waals surface area contributed by atoms with Gasteiger partial charge >= 0.3 is 6.18 Å². The molecule has 1 atom stereocenters. The lowest BCUT2D eigenvalue weighted by Gasteiger charge is -2.20. The van der Waals surface area contributed by atoms with Gasteiger partial charge in [0.05, 0.1) is 5.92 Å². The van der Waals surface area contributed by atoms with E-state index in [1.165, 1.54) is 6.07 Å². The Labute approximate surface area is 98.2 Å². The lowest BCUT2D eigenvalue weighted by atomic mass is 9.96. The van der Waals surface area contributed by atoms with Crippen molar-refractivity contribution in [2.75, 3.05) is 25.0 Å². The van der Waals surface area contributed by atoms with Crippen molar-refractivity contribution in [1.29, 1.82) is 0 Å². The maximum absolute atomic E-state index is 12.7. The predicted octanol–water partition coefficient (Wildman–Crippen LogP) is 2.28. The highest BCUT2D eigenvalue weighted by Gasteiger charge is 2.40. The fraction of sp³-hybridized carbons (Fsp3) is 0.500. The third-order valence-corrected chi connectivity index (χ3v) is 3.26. The van der Waals surface area contributed by atoms with Crippen LogP contribution in [0.15, 0.2) is 18.2 Å². The molecule has 1 aliphatic rings. The quantitative estimate of drug-likeness (QED) is 0.864. The summed E-state index contributed by atoms with van der Waals surface area (Å²) in [7, 11) is 1.94. The second-order valence-electron chi connectivity index (χ2n) is 4.39. The molecule has 2 rings (SSSR count). The van der Waals surface area contributed by atoms with Crippen molar-refractivity contribution in [2.24, 2.45) is 5.73 Å². The number of benzene rings is 1. The van der Waals surface area contributed by atoms with Gasteiger partial charge in [-0.2, -0.15) is 13.2 Å². The molecule has 0 radical (unpaired) electrons. The SMILES string of the molecule is CN1CCc2cc(C(CN)C(F)(F)F)ccc21. The Morgan fingerprint density at radius 1 is 1.41 bits per heavy atom. The number of hydrogen-bond acceptors (Lipinski definition) is 2. The van der Waals surface area contributed by atoms with Crippen LogP contribution in [-0.4, -0.2) is 26.3 Å². The van der Waals surface area contributed by atoms with Crippen LogP contribution in [-0.2, 0) is 6.42 Å². The minimum Gasteiger partial charge on any atom is -0.374 e. The maximum atomic E-state index is 12.7. The van der Waals surface area contributed by atoms with Crippen molar-refractivity contribution < 1.29 is 13.2 Å². The number of fused-ring (bicyclic) bond motifs is 1. The van der Waals surface area contributed by atoms with Crippen molar-refractivity contribution in [3.63, 3.8) is 0 Å². The number of alkyl halides is 3. The van der Waals surface area contributed by atoms with Gasteiger partial charge in [0.25, 0.3) is 0 Å². The summed E-state index contributed by atoms with van der Waals surface area (Å²) in [5.74, 6) is -1.56. The molecule has 0 fully saturated rings. The highest BCUT2D eigenvalue weighted by Crippen LogP contribution is 2.37. The van der Waals surface area contributed by atoms with Gasteiger partial charge in [-0.15, -0.1) is 0 Å². The Bertz CT molecular complexity index is 415. The molecule has 2 N–H and O–H groups in total. The Hall–Kier alpha value is -1.23. The zero-order valence-electron chi connectivity index (χ0n) is 9.59. The molecule has 0 saturated heterocycles. The summed E-state index contributed by atoms with van der Waals surface area (Å²) in [6, 6.07) is 4.93. The van der Waals surface area contributed by atoms with Crippen LogP contribution >= 0.6 is 0 Å². The summed E-state index contributed by atoms with van der Waals surface area (Å²) in [4.78, 5) is 2.05. The van der Waals surface area contributed by atoms with Crippen LogP contribution in [0.5, 0.6) is 0 Å². The van der Waals surface area contributed by atoms with E-state index in [1.54, 1.807) is 12.1 Å². The normalized spacial score (nSPS) is 17.1. The molecular formula is C12H15F3N2. The number of rotatable bonds is 2. The molecule has 0 aromatic heterocycles. The first-order valence-corrected chi connectivity index (χ1v) is 5.54. The first-order valence-electron chi connectivity index (χ1n) is 5.54. The number of likely N-dealkylation sites (N-methyl/N-ethyl adjacent to an activating group) is 1. The zero-order valence-corrected chi connectivity index (χ0v) is 9.59. The summed E-state index contributed by atoms with van der Waals surface area (Å²) >= 11 is 0. The van der Waals surface area contributed by atoms with Gasteiger partial charge in [-0.05, 0) is 23.6 Å². The molecule has 0 bridgehead atoms. The lowest BCUT2D eigenvalue weighted by molar-refractivity contribution is -0.148. The van der Waals surface area contributed by atoms with Gasteiger partial charge in [-0.1, -0.05) is 12.1 Å². The largest absolute Gasteiger partial charge is 0.396 e. The minimum absolute atomic E-state index is 0.272. The fourth-order valence-electron chi connectivity index (χ4n) is 2.26. The van der Waals surface area contributed by atoms with Gasteiger partial charge in [-0.25, -0.2) is 0 Å². The number of nitrogens with two attached hydrogens (primary N) is 1. The van der Waals surface area contributed by atoms with Gasteiger partial charge < -0.3 is 10.6 Å². The molecular weight excluding hydrogens is 229 g/mol. The fourth-order valence-corrected chi connectivity index (χ4v) is 2.26. The van der Waals surface area contributed by atoms with Crippen LogP contribution in [0, 0.1) is 0 Å². The van der Waals surface area contributed by atoms with Crippen molar-refractivity contribution in [1.82, 2.24) is 0 Å². The summed E-state index contributed by atoms with van der Waals surface area (Å²) in [5.41, 5.74) is 7.50. The van der Waals surface area contributed by atoms with Gasteiger partial charge in [0, 0.05) is 25.8 Å². The molecule has 0 amide bonds. The van der Waals surface area contributed by atoms with Crippen LogP contribution in [0.4, 0.5) is 18.9 Å². The first kappa shape index (κ1) is 12.2. The number of anilines is 1. The molecule has 0 spiro atoms. The Morgan fingerprint density at radius 2 is 2.12 bits per heavy atom. The van der Waals surface area contributed by atoms with Crippen LogP contribution in [0.25, 0.3) is 0 Å². The molecule has 5 heteroatoms. The van der Waals surface area contributed by atoms with Gasteiger partial charge in [0.2, 0.25) is 0 Å². The molecule has 1 aromatic rings. The van der Waals surface area contributed by atoms with Crippen LogP contribution in [0.2, 0.25) is 0 Å². The van der Waals surface area contributed by atoms with Gasteiger partial charge in [-0.3, -0.25) is 0 Å². The number of hydrogen-bond donors (Lipinski definition) is 1. The van der Waals surface area contributed by atoms with E-state index >= 15 is 0 Å². The van der Waals surface area contributed by atoms with E-state index < -0.39 is 18.6 Å². The third-order valence-electron chi connectivity index (χ3n) is 3.26. The molecule has 94 valence electrons. The van der Waals surface area contributed by atoms with Crippen molar-refractivity contribution in [2.45, 2.75) is 18.5 Å². The molecule has 0 saturated carbocycles. The van der Waals surface area contributed by atoms with Crippen LogP contribution in [0.1, 0.15) is 17.0 Å². The van der Waals surface area contributed by atoms with Gasteiger partial charge in [0.15, 0.2) is 0 Å².